The molecule has 0 fully saturated rings. The van der Waals surface area contributed by atoms with E-state index in [0.29, 0.717) is 0 Å². The Hall–Kier alpha value is -2.14. The minimum absolute atomic E-state index is 0.431. The lowest BCUT2D eigenvalue weighted by Crippen LogP contribution is -2.07. The van der Waals surface area contributed by atoms with Gasteiger partial charge in [0.05, 0.1) is 11.0 Å². The molecule has 0 radical (unpaired) electrons. The smallest absolute Gasteiger partial charge is 0.328 e. The molecule has 4 N–H and O–H groups in total. The molecule has 88 valence electrons. The number of rotatable bonds is 3. The van der Waals surface area contributed by atoms with Crippen molar-refractivity contribution in [2.45, 2.75) is 13.0 Å². The quantitative estimate of drug-likeness (QED) is 0.698. The normalized spacial score (nSPS) is 13.3. The van der Waals surface area contributed by atoms with E-state index >= 15 is 0 Å². The molecule has 0 spiro atoms. The maximum absolute atomic E-state index is 10.4. The molecular weight excluding hydrogens is 218 g/mol. The number of carbonyl (C=O) groups is 1. The van der Waals surface area contributed by atoms with E-state index in [1.54, 1.807) is 0 Å². The molecule has 0 aliphatic rings. The molecule has 0 saturated carbocycles. The highest BCUT2D eigenvalue weighted by Crippen LogP contribution is 2.18. The Balaban J connectivity index is 2.32. The van der Waals surface area contributed by atoms with E-state index in [1.807, 2.05) is 25.1 Å². The first-order chi connectivity index (χ1) is 8.06. The van der Waals surface area contributed by atoms with Crippen LogP contribution in [-0.2, 0) is 4.79 Å². The average Bonchev–Trinajstić information content (AvgIpc) is 2.64. The Morgan fingerprint density at radius 3 is 3.06 bits per heavy atom. The monoisotopic (exact) mass is 231 g/mol. The predicted octanol–water partition coefficient (Wildman–Crippen LogP) is 1.51. The Kier molecular flexibility index (Phi) is 2.93. The number of hydrogen-bond acceptors (Lipinski definition) is 3. The lowest BCUT2D eigenvalue weighted by atomic mass is 10.1. The fourth-order valence-corrected chi connectivity index (χ4v) is 1.66. The van der Waals surface area contributed by atoms with Crippen LogP contribution in [0, 0.1) is 6.92 Å². The molecule has 0 aliphatic carbocycles. The van der Waals surface area contributed by atoms with Crippen molar-refractivity contribution in [2.75, 3.05) is 0 Å². The molecule has 1 heterocycles. The molecule has 0 amide bonds. The van der Waals surface area contributed by atoms with Gasteiger partial charge in [0.15, 0.2) is 0 Å². The molecule has 17 heavy (non-hydrogen) atoms. The molecule has 0 bridgehead atoms. The first kappa shape index (κ1) is 11.3. The third-order valence-electron chi connectivity index (χ3n) is 2.46. The van der Waals surface area contributed by atoms with Gasteiger partial charge in [0, 0.05) is 12.1 Å². The summed E-state index contributed by atoms with van der Waals surface area (Å²) in [6.45, 7) is 1.88. The summed E-state index contributed by atoms with van der Waals surface area (Å²) < 4.78 is 0. The van der Waals surface area contributed by atoms with Crippen LogP contribution in [0.15, 0.2) is 30.4 Å². The number of aryl methyl sites for hydroxylation is 1. The van der Waals surface area contributed by atoms with Gasteiger partial charge in [0.1, 0.15) is 5.82 Å². The molecule has 0 saturated heterocycles. The van der Waals surface area contributed by atoms with Crippen molar-refractivity contribution in [2.24, 2.45) is 5.73 Å². The highest BCUT2D eigenvalue weighted by molar-refractivity contribution is 5.80. The van der Waals surface area contributed by atoms with Gasteiger partial charge in [-0.3, -0.25) is 0 Å². The number of aromatic amines is 1. The molecule has 1 unspecified atom stereocenters. The van der Waals surface area contributed by atoms with Crippen molar-refractivity contribution in [3.63, 3.8) is 0 Å². The summed E-state index contributed by atoms with van der Waals surface area (Å²) in [4.78, 5) is 17.8. The van der Waals surface area contributed by atoms with E-state index < -0.39 is 12.0 Å². The molecule has 2 aromatic rings. The Morgan fingerprint density at radius 1 is 1.59 bits per heavy atom. The van der Waals surface area contributed by atoms with Gasteiger partial charge >= 0.3 is 5.97 Å². The fraction of sp³-hybridized carbons (Fsp3) is 0.167. The van der Waals surface area contributed by atoms with Crippen LogP contribution < -0.4 is 5.73 Å². The number of hydrogen-bond donors (Lipinski definition) is 3. The van der Waals surface area contributed by atoms with Crippen molar-refractivity contribution in [1.82, 2.24) is 9.97 Å². The minimum Gasteiger partial charge on any atom is -0.478 e. The van der Waals surface area contributed by atoms with Gasteiger partial charge < -0.3 is 15.8 Å². The minimum atomic E-state index is -1.00. The number of fused-ring (bicyclic) bond motifs is 1. The summed E-state index contributed by atoms with van der Waals surface area (Å²) in [6.07, 6.45) is 2.50. The first-order valence-electron chi connectivity index (χ1n) is 5.19. The van der Waals surface area contributed by atoms with Gasteiger partial charge in [-0.25, -0.2) is 9.78 Å². The van der Waals surface area contributed by atoms with Crippen LogP contribution in [0.2, 0.25) is 0 Å². The number of nitrogens with zero attached hydrogens (tertiary/aromatic N) is 1. The number of benzene rings is 1. The van der Waals surface area contributed by atoms with E-state index in [4.69, 9.17) is 10.8 Å². The zero-order valence-electron chi connectivity index (χ0n) is 9.34. The number of nitrogens with two attached hydrogens (primary N) is 1. The topological polar surface area (TPSA) is 92.0 Å². The molecule has 1 aromatic carbocycles. The number of nitrogens with one attached hydrogen (secondary N) is 1. The average molecular weight is 231 g/mol. The fourth-order valence-electron chi connectivity index (χ4n) is 1.66. The molecule has 1 aromatic heterocycles. The SMILES string of the molecule is Cc1nc2ccc(C(N)/C=C/C(=O)O)cc2[nH]1. The summed E-state index contributed by atoms with van der Waals surface area (Å²) in [5, 5.41) is 8.53. The maximum atomic E-state index is 10.4. The van der Waals surface area contributed by atoms with Crippen molar-refractivity contribution in [3.05, 3.63) is 41.7 Å². The Bertz CT molecular complexity index is 586. The number of H-pyrrole nitrogens is 1. The van der Waals surface area contributed by atoms with Gasteiger partial charge in [-0.15, -0.1) is 0 Å². The predicted molar refractivity (Wildman–Crippen MR) is 64.5 cm³/mol. The third kappa shape index (κ3) is 2.51. The molecule has 5 heteroatoms. The Morgan fingerprint density at radius 2 is 2.35 bits per heavy atom. The van der Waals surface area contributed by atoms with E-state index in [-0.39, 0.29) is 0 Å². The largest absolute Gasteiger partial charge is 0.478 e. The van der Waals surface area contributed by atoms with Crippen LogP contribution in [0.25, 0.3) is 11.0 Å². The standard InChI is InChI=1S/C12H13N3O2/c1-7-14-10-4-2-8(6-11(10)15-7)9(13)3-5-12(16)17/h2-6,9H,13H2,1H3,(H,14,15)(H,16,17)/b5-3+. The number of aliphatic carboxylic acids is 1. The number of carboxylic acid groups (broad SMARTS) is 1. The third-order valence-corrected chi connectivity index (χ3v) is 2.46. The number of imidazole rings is 1. The summed E-state index contributed by atoms with van der Waals surface area (Å²) in [5.74, 6) is -0.161. The van der Waals surface area contributed by atoms with Gasteiger partial charge in [0.2, 0.25) is 0 Å². The summed E-state index contributed by atoms with van der Waals surface area (Å²) in [6, 6.07) is 5.16. The highest BCUT2D eigenvalue weighted by Gasteiger charge is 2.05. The van der Waals surface area contributed by atoms with Crippen LogP contribution in [0.4, 0.5) is 0 Å². The lowest BCUT2D eigenvalue weighted by Gasteiger charge is -2.05. The van der Waals surface area contributed by atoms with E-state index in [2.05, 4.69) is 9.97 Å². The van der Waals surface area contributed by atoms with Crippen molar-refractivity contribution >= 4 is 17.0 Å². The van der Waals surface area contributed by atoms with Crippen LogP contribution in [0.5, 0.6) is 0 Å². The zero-order chi connectivity index (χ0) is 12.4. The second-order valence-corrected chi connectivity index (χ2v) is 3.82. The summed E-state index contributed by atoms with van der Waals surface area (Å²) >= 11 is 0. The molecule has 2 rings (SSSR count). The zero-order valence-corrected chi connectivity index (χ0v) is 9.34. The first-order valence-corrected chi connectivity index (χ1v) is 5.19. The van der Waals surface area contributed by atoms with Crippen LogP contribution in [0.3, 0.4) is 0 Å². The number of carboxylic acids is 1. The van der Waals surface area contributed by atoms with Crippen LogP contribution in [-0.4, -0.2) is 21.0 Å². The van der Waals surface area contributed by atoms with E-state index in [0.717, 1.165) is 28.5 Å². The van der Waals surface area contributed by atoms with Gasteiger partial charge in [-0.2, -0.15) is 0 Å². The van der Waals surface area contributed by atoms with E-state index in [9.17, 15) is 4.79 Å². The van der Waals surface area contributed by atoms with Gasteiger partial charge in [-0.05, 0) is 24.6 Å². The van der Waals surface area contributed by atoms with Crippen molar-refractivity contribution in [1.29, 1.82) is 0 Å². The second kappa shape index (κ2) is 4.39. The molecular formula is C12H13N3O2. The van der Waals surface area contributed by atoms with Gasteiger partial charge in [-0.1, -0.05) is 12.1 Å². The molecule has 1 atom stereocenters. The molecule has 0 aliphatic heterocycles. The van der Waals surface area contributed by atoms with Crippen LogP contribution in [0.1, 0.15) is 17.4 Å². The van der Waals surface area contributed by atoms with E-state index in [1.165, 1.54) is 6.08 Å². The maximum Gasteiger partial charge on any atom is 0.328 e. The lowest BCUT2D eigenvalue weighted by molar-refractivity contribution is -0.131. The summed E-state index contributed by atoms with van der Waals surface area (Å²) in [7, 11) is 0. The van der Waals surface area contributed by atoms with Crippen molar-refractivity contribution in [3.8, 4) is 0 Å². The second-order valence-electron chi connectivity index (χ2n) is 3.82. The molecule has 5 nitrogen and oxygen atoms in total. The summed E-state index contributed by atoms with van der Waals surface area (Å²) in [5.41, 5.74) is 8.48. The van der Waals surface area contributed by atoms with Gasteiger partial charge in [0.25, 0.3) is 0 Å². The Labute approximate surface area is 98.0 Å². The number of aromatic nitrogens is 2. The van der Waals surface area contributed by atoms with Crippen LogP contribution >= 0.6 is 0 Å². The highest BCUT2D eigenvalue weighted by atomic mass is 16.4. The van der Waals surface area contributed by atoms with Crippen molar-refractivity contribution < 1.29 is 9.90 Å².